The number of hydrogen-bond acceptors (Lipinski definition) is 0. The normalized spacial score (nSPS) is 10.2. The number of benzene rings is 4. The maximum Gasteiger partial charge on any atom is 0 e. The van der Waals surface area contributed by atoms with Gasteiger partial charge in [-0.15, -0.1) is 6.58 Å². The quantitative estimate of drug-likeness (QED) is 0.158. The SMILES string of the molecule is [CH2]C(=C)C.[Ru].c1ccc(P(CCCP(c2ccccc2)c2ccccc2)c2ccccc2)cc1. The molecule has 34 heavy (non-hydrogen) atoms. The molecule has 0 fully saturated rings. The zero-order valence-electron chi connectivity index (χ0n) is 19.8. The van der Waals surface area contributed by atoms with Crippen LogP contribution < -0.4 is 21.2 Å². The molecule has 0 saturated carbocycles. The van der Waals surface area contributed by atoms with Crippen molar-refractivity contribution in [2.45, 2.75) is 13.3 Å². The fourth-order valence-electron chi connectivity index (χ4n) is 3.63. The van der Waals surface area contributed by atoms with Crippen LogP contribution in [0.1, 0.15) is 13.3 Å². The topological polar surface area (TPSA) is 0 Å². The zero-order valence-corrected chi connectivity index (χ0v) is 23.4. The summed E-state index contributed by atoms with van der Waals surface area (Å²) in [5.41, 5.74) is 0.917. The molecule has 0 aliphatic heterocycles. The molecule has 1 radical (unpaired) electrons. The fraction of sp³-hybridized carbons (Fsp3) is 0.129. The number of hydrogen-bond donors (Lipinski definition) is 0. The molecule has 0 aliphatic rings. The summed E-state index contributed by atoms with van der Waals surface area (Å²) in [5.74, 6) is 0. The van der Waals surface area contributed by atoms with E-state index in [0.717, 1.165) is 5.57 Å². The molecule has 4 aromatic carbocycles. The molecule has 0 bridgehead atoms. The molecule has 0 aromatic heterocycles. The van der Waals surface area contributed by atoms with Gasteiger partial charge >= 0.3 is 0 Å². The van der Waals surface area contributed by atoms with Crippen molar-refractivity contribution in [1.82, 2.24) is 0 Å². The first-order chi connectivity index (χ1) is 16.1. The van der Waals surface area contributed by atoms with E-state index < -0.39 is 0 Å². The molecule has 4 rings (SSSR count). The molecule has 3 heteroatoms. The van der Waals surface area contributed by atoms with Gasteiger partial charge in [0.1, 0.15) is 0 Å². The Morgan fingerprint density at radius 3 is 0.941 bits per heavy atom. The van der Waals surface area contributed by atoms with Crippen molar-refractivity contribution in [1.29, 1.82) is 0 Å². The second kappa shape index (κ2) is 15.9. The summed E-state index contributed by atoms with van der Waals surface area (Å²) in [6.07, 6.45) is 3.72. The van der Waals surface area contributed by atoms with Crippen LogP contribution in [0.15, 0.2) is 133 Å². The second-order valence-electron chi connectivity index (χ2n) is 7.96. The Hall–Kier alpha value is -1.90. The van der Waals surface area contributed by atoms with E-state index in [1.807, 2.05) is 6.92 Å². The maximum atomic E-state index is 3.44. The van der Waals surface area contributed by atoms with Crippen LogP contribution in [0, 0.1) is 6.92 Å². The Bertz CT molecular complexity index is 901. The van der Waals surface area contributed by atoms with Crippen LogP contribution in [0.25, 0.3) is 0 Å². The van der Waals surface area contributed by atoms with Gasteiger partial charge in [-0.1, -0.05) is 127 Å². The Morgan fingerprint density at radius 2 is 0.735 bits per heavy atom. The third kappa shape index (κ3) is 9.39. The van der Waals surface area contributed by atoms with E-state index in [4.69, 9.17) is 0 Å². The molecular weight excluding hydrogens is 535 g/mol. The molecule has 0 atom stereocenters. The maximum absolute atomic E-state index is 3.44. The largest absolute Gasteiger partial charge is 0.100 e. The minimum absolute atomic E-state index is 0. The van der Waals surface area contributed by atoms with Crippen LogP contribution in [0.2, 0.25) is 0 Å². The summed E-state index contributed by atoms with van der Waals surface area (Å²) in [6, 6.07) is 44.3. The van der Waals surface area contributed by atoms with Gasteiger partial charge in [0.05, 0.1) is 0 Å². The molecule has 4 aromatic rings. The summed E-state index contributed by atoms with van der Waals surface area (Å²) >= 11 is 0. The van der Waals surface area contributed by atoms with E-state index in [1.165, 1.54) is 40.0 Å². The van der Waals surface area contributed by atoms with Gasteiger partial charge < -0.3 is 0 Å². The smallest absolute Gasteiger partial charge is 0 e. The number of allylic oxidation sites excluding steroid dienone is 1. The molecule has 0 nitrogen and oxygen atoms in total. The summed E-state index contributed by atoms with van der Waals surface area (Å²) in [5, 5.41) is 5.94. The summed E-state index contributed by atoms with van der Waals surface area (Å²) in [4.78, 5) is 0. The Morgan fingerprint density at radius 1 is 0.529 bits per heavy atom. The third-order valence-electron chi connectivity index (χ3n) is 5.03. The average molecular weight is 569 g/mol. The van der Waals surface area contributed by atoms with Gasteiger partial charge in [-0.05, 0) is 69.7 Å². The van der Waals surface area contributed by atoms with Crippen molar-refractivity contribution in [3.63, 3.8) is 0 Å². The molecular formula is C31H33P2Ru. The van der Waals surface area contributed by atoms with E-state index in [2.05, 4.69) is 135 Å². The minimum atomic E-state index is -0.309. The minimum Gasteiger partial charge on any atom is -0.100 e. The van der Waals surface area contributed by atoms with Crippen LogP contribution in [-0.4, -0.2) is 12.3 Å². The van der Waals surface area contributed by atoms with Gasteiger partial charge in [0, 0.05) is 19.5 Å². The molecule has 175 valence electrons. The summed E-state index contributed by atoms with van der Waals surface area (Å²) in [6.45, 7) is 8.75. The molecule has 0 saturated heterocycles. The Balaban J connectivity index is 0.000000758. The van der Waals surface area contributed by atoms with Crippen molar-refractivity contribution < 1.29 is 19.5 Å². The van der Waals surface area contributed by atoms with E-state index in [0.29, 0.717) is 0 Å². The van der Waals surface area contributed by atoms with Gasteiger partial charge in [0.25, 0.3) is 0 Å². The van der Waals surface area contributed by atoms with Crippen LogP contribution in [0.5, 0.6) is 0 Å². The second-order valence-corrected chi connectivity index (χ2v) is 12.6. The zero-order chi connectivity index (χ0) is 23.3. The van der Waals surface area contributed by atoms with Crippen LogP contribution in [-0.2, 0) is 19.5 Å². The van der Waals surface area contributed by atoms with Crippen molar-refractivity contribution in [2.75, 3.05) is 12.3 Å². The molecule has 0 unspecified atom stereocenters. The predicted octanol–water partition coefficient (Wildman–Crippen LogP) is 7.04. The molecule has 0 N–H and O–H groups in total. The molecule has 0 aliphatic carbocycles. The van der Waals surface area contributed by atoms with E-state index in [-0.39, 0.29) is 35.3 Å². The van der Waals surface area contributed by atoms with Gasteiger partial charge in [-0.3, -0.25) is 0 Å². The molecule has 0 amide bonds. The van der Waals surface area contributed by atoms with Crippen molar-refractivity contribution in [3.8, 4) is 0 Å². The monoisotopic (exact) mass is 569 g/mol. The Kier molecular flexibility index (Phi) is 13.3. The third-order valence-corrected chi connectivity index (χ3v) is 10.2. The van der Waals surface area contributed by atoms with Gasteiger partial charge in [0.2, 0.25) is 0 Å². The van der Waals surface area contributed by atoms with Gasteiger partial charge in [-0.2, -0.15) is 0 Å². The van der Waals surface area contributed by atoms with E-state index in [9.17, 15) is 0 Å². The van der Waals surface area contributed by atoms with Crippen molar-refractivity contribution in [2.24, 2.45) is 0 Å². The standard InChI is InChI=1S/C27H26P2.C4H7.Ru/c1-5-14-24(15-6-1)28(25-16-7-2-8-17-25)22-13-23-29(26-18-9-3-10-19-26)27-20-11-4-12-21-27;1-4(2)3;/h1-12,14-21H,13,22-23H2;1-2H2,3H3;. The van der Waals surface area contributed by atoms with E-state index in [1.54, 1.807) is 0 Å². The summed E-state index contributed by atoms with van der Waals surface area (Å²) < 4.78 is 0. The predicted molar refractivity (Wildman–Crippen MR) is 153 cm³/mol. The Labute approximate surface area is 221 Å². The summed E-state index contributed by atoms with van der Waals surface area (Å²) in [7, 11) is -0.618. The first kappa shape index (κ1) is 28.3. The van der Waals surface area contributed by atoms with E-state index >= 15 is 0 Å². The first-order valence-corrected chi connectivity index (χ1v) is 14.4. The fourth-order valence-corrected chi connectivity index (χ4v) is 8.59. The van der Waals surface area contributed by atoms with Crippen LogP contribution in [0.4, 0.5) is 0 Å². The van der Waals surface area contributed by atoms with Crippen LogP contribution in [0.3, 0.4) is 0 Å². The molecule has 0 heterocycles. The van der Waals surface area contributed by atoms with Crippen LogP contribution >= 0.6 is 15.8 Å². The van der Waals surface area contributed by atoms with Crippen molar-refractivity contribution in [3.05, 3.63) is 140 Å². The average Bonchev–Trinajstić information content (AvgIpc) is 2.86. The first-order valence-electron chi connectivity index (χ1n) is 11.4. The number of rotatable bonds is 8. The van der Waals surface area contributed by atoms with Crippen molar-refractivity contribution >= 4 is 37.1 Å². The van der Waals surface area contributed by atoms with Gasteiger partial charge in [0.15, 0.2) is 0 Å². The molecule has 0 spiro atoms. The van der Waals surface area contributed by atoms with Gasteiger partial charge in [-0.25, -0.2) is 0 Å².